The van der Waals surface area contributed by atoms with Gasteiger partial charge < -0.3 is 10.6 Å². The van der Waals surface area contributed by atoms with Gasteiger partial charge in [-0.3, -0.25) is 14.6 Å². The number of pyridine rings is 1. The normalized spacial score (nSPS) is 10.3. The molecule has 0 saturated heterocycles. The summed E-state index contributed by atoms with van der Waals surface area (Å²) in [6.07, 6.45) is 3.16. The second-order valence-electron chi connectivity index (χ2n) is 6.16. The average Bonchev–Trinajstić information content (AvgIpc) is 2.66. The van der Waals surface area contributed by atoms with Crippen molar-refractivity contribution in [3.05, 3.63) is 88.2 Å². The van der Waals surface area contributed by atoms with Gasteiger partial charge in [-0.05, 0) is 55.8 Å². The first-order valence-corrected chi connectivity index (χ1v) is 8.71. The Labute approximate surface area is 162 Å². The number of benzene rings is 2. The van der Waals surface area contributed by atoms with Gasteiger partial charge in [-0.2, -0.15) is 0 Å². The third-order valence-corrected chi connectivity index (χ3v) is 4.36. The van der Waals surface area contributed by atoms with Crippen LogP contribution in [0, 0.1) is 13.8 Å². The van der Waals surface area contributed by atoms with Gasteiger partial charge in [0.1, 0.15) is 0 Å². The lowest BCUT2D eigenvalue weighted by molar-refractivity contribution is 0.101. The summed E-state index contributed by atoms with van der Waals surface area (Å²) in [5.41, 5.74) is 3.77. The van der Waals surface area contributed by atoms with Crippen LogP contribution in [0.15, 0.2) is 60.9 Å². The lowest BCUT2D eigenvalue weighted by atomic mass is 10.0. The highest BCUT2D eigenvalue weighted by atomic mass is 35.5. The summed E-state index contributed by atoms with van der Waals surface area (Å²) in [4.78, 5) is 29.1. The van der Waals surface area contributed by atoms with Crippen LogP contribution in [-0.4, -0.2) is 16.8 Å². The van der Waals surface area contributed by atoms with Crippen molar-refractivity contribution in [2.45, 2.75) is 13.8 Å². The molecular weight excluding hydrogens is 362 g/mol. The number of aromatic nitrogens is 1. The highest BCUT2D eigenvalue weighted by Crippen LogP contribution is 2.23. The third kappa shape index (κ3) is 4.51. The first kappa shape index (κ1) is 18.6. The van der Waals surface area contributed by atoms with Crippen molar-refractivity contribution in [2.75, 3.05) is 10.6 Å². The van der Waals surface area contributed by atoms with Crippen molar-refractivity contribution < 1.29 is 9.59 Å². The van der Waals surface area contributed by atoms with Crippen LogP contribution in [0.25, 0.3) is 0 Å². The molecule has 0 aliphatic heterocycles. The van der Waals surface area contributed by atoms with E-state index in [2.05, 4.69) is 15.6 Å². The topological polar surface area (TPSA) is 71.1 Å². The molecule has 0 atom stereocenters. The molecule has 0 bridgehead atoms. The molecule has 6 heteroatoms. The Balaban J connectivity index is 1.81. The van der Waals surface area contributed by atoms with Gasteiger partial charge in [-0.1, -0.05) is 29.3 Å². The first-order valence-electron chi connectivity index (χ1n) is 8.33. The van der Waals surface area contributed by atoms with E-state index >= 15 is 0 Å². The predicted molar refractivity (Wildman–Crippen MR) is 108 cm³/mol. The molecule has 136 valence electrons. The standard InChI is InChI=1S/C21H18ClN3O2/c1-13-5-6-14(2)17(10-13)20(26)24-15-7-8-19(22)18(11-15)21(27)25-16-4-3-9-23-12-16/h3-12H,1-2H3,(H,24,26)(H,25,27). The van der Waals surface area contributed by atoms with Crippen molar-refractivity contribution in [1.29, 1.82) is 0 Å². The molecule has 0 spiro atoms. The van der Waals surface area contributed by atoms with E-state index in [1.54, 1.807) is 36.5 Å². The molecule has 5 nitrogen and oxygen atoms in total. The predicted octanol–water partition coefficient (Wildman–Crippen LogP) is 4.86. The number of aryl methyl sites for hydroxylation is 2. The SMILES string of the molecule is Cc1ccc(C)c(C(=O)Nc2ccc(Cl)c(C(=O)Nc3cccnc3)c2)c1. The number of rotatable bonds is 4. The zero-order valence-electron chi connectivity index (χ0n) is 14.9. The molecule has 3 rings (SSSR count). The Morgan fingerprint density at radius 2 is 1.63 bits per heavy atom. The Hall–Kier alpha value is -3.18. The fraction of sp³-hybridized carbons (Fsp3) is 0.0952. The van der Waals surface area contributed by atoms with Crippen LogP contribution in [0.1, 0.15) is 31.8 Å². The summed E-state index contributed by atoms with van der Waals surface area (Å²) in [6, 6.07) is 13.9. The van der Waals surface area contributed by atoms with Crippen LogP contribution in [-0.2, 0) is 0 Å². The summed E-state index contributed by atoms with van der Waals surface area (Å²) in [6.45, 7) is 3.81. The number of hydrogen-bond acceptors (Lipinski definition) is 3. The lowest BCUT2D eigenvalue weighted by Crippen LogP contribution is -2.16. The van der Waals surface area contributed by atoms with E-state index in [1.165, 1.54) is 6.20 Å². The number of nitrogens with one attached hydrogen (secondary N) is 2. The average molecular weight is 380 g/mol. The summed E-state index contributed by atoms with van der Waals surface area (Å²) in [5, 5.41) is 5.84. The monoisotopic (exact) mass is 379 g/mol. The Kier molecular flexibility index (Phi) is 5.52. The molecule has 1 aromatic heterocycles. The van der Waals surface area contributed by atoms with Gasteiger partial charge in [0, 0.05) is 17.4 Å². The van der Waals surface area contributed by atoms with Crippen LogP contribution in [0.2, 0.25) is 5.02 Å². The highest BCUT2D eigenvalue weighted by Gasteiger charge is 2.14. The number of nitrogens with zero attached hydrogens (tertiary/aromatic N) is 1. The third-order valence-electron chi connectivity index (χ3n) is 4.03. The van der Waals surface area contributed by atoms with Crippen LogP contribution < -0.4 is 10.6 Å². The Morgan fingerprint density at radius 3 is 2.37 bits per heavy atom. The van der Waals surface area contributed by atoms with Crippen molar-refractivity contribution in [2.24, 2.45) is 0 Å². The maximum absolute atomic E-state index is 12.6. The fourth-order valence-corrected chi connectivity index (χ4v) is 2.79. The number of anilines is 2. The van der Waals surface area contributed by atoms with E-state index in [9.17, 15) is 9.59 Å². The number of halogens is 1. The van der Waals surface area contributed by atoms with Crippen molar-refractivity contribution >= 4 is 34.8 Å². The van der Waals surface area contributed by atoms with E-state index in [4.69, 9.17) is 11.6 Å². The van der Waals surface area contributed by atoms with Gasteiger partial charge in [-0.15, -0.1) is 0 Å². The number of hydrogen-bond donors (Lipinski definition) is 2. The Bertz CT molecular complexity index is 1000. The number of carbonyl (C=O) groups is 2. The summed E-state index contributed by atoms with van der Waals surface area (Å²) < 4.78 is 0. The smallest absolute Gasteiger partial charge is 0.257 e. The van der Waals surface area contributed by atoms with E-state index in [0.29, 0.717) is 22.0 Å². The summed E-state index contributed by atoms with van der Waals surface area (Å²) >= 11 is 6.17. The molecule has 2 N–H and O–H groups in total. The second-order valence-corrected chi connectivity index (χ2v) is 6.57. The van der Waals surface area contributed by atoms with Crippen molar-refractivity contribution in [3.63, 3.8) is 0 Å². The molecule has 1 heterocycles. The van der Waals surface area contributed by atoms with Crippen LogP contribution >= 0.6 is 11.6 Å². The second kappa shape index (κ2) is 8.01. The molecule has 27 heavy (non-hydrogen) atoms. The summed E-state index contributed by atoms with van der Waals surface area (Å²) in [5.74, 6) is -0.618. The minimum atomic E-state index is -0.379. The van der Waals surface area contributed by atoms with Crippen LogP contribution in [0.3, 0.4) is 0 Å². The van der Waals surface area contributed by atoms with Crippen LogP contribution in [0.5, 0.6) is 0 Å². The van der Waals surface area contributed by atoms with Crippen molar-refractivity contribution in [1.82, 2.24) is 4.98 Å². The van der Waals surface area contributed by atoms with Gasteiger partial charge >= 0.3 is 0 Å². The maximum Gasteiger partial charge on any atom is 0.257 e. The molecule has 0 radical (unpaired) electrons. The van der Waals surface area contributed by atoms with Gasteiger partial charge in [0.2, 0.25) is 0 Å². The van der Waals surface area contributed by atoms with Gasteiger partial charge in [0.15, 0.2) is 0 Å². The molecule has 0 saturated carbocycles. The van der Waals surface area contributed by atoms with E-state index < -0.39 is 0 Å². The molecule has 0 fully saturated rings. The molecule has 0 aliphatic rings. The Morgan fingerprint density at radius 1 is 0.889 bits per heavy atom. The zero-order chi connectivity index (χ0) is 19.4. The summed E-state index contributed by atoms with van der Waals surface area (Å²) in [7, 11) is 0. The quantitative estimate of drug-likeness (QED) is 0.680. The van der Waals surface area contributed by atoms with Crippen molar-refractivity contribution in [3.8, 4) is 0 Å². The molecule has 3 aromatic rings. The largest absolute Gasteiger partial charge is 0.322 e. The highest BCUT2D eigenvalue weighted by molar-refractivity contribution is 6.34. The fourth-order valence-electron chi connectivity index (χ4n) is 2.59. The number of amides is 2. The molecule has 2 aromatic carbocycles. The van der Waals surface area contributed by atoms with Crippen LogP contribution in [0.4, 0.5) is 11.4 Å². The van der Waals surface area contributed by atoms with E-state index in [-0.39, 0.29) is 17.4 Å². The maximum atomic E-state index is 12.6. The molecule has 0 aliphatic carbocycles. The van der Waals surface area contributed by atoms with Gasteiger partial charge in [0.25, 0.3) is 11.8 Å². The van der Waals surface area contributed by atoms with Gasteiger partial charge in [-0.25, -0.2) is 0 Å². The van der Waals surface area contributed by atoms with E-state index in [0.717, 1.165) is 11.1 Å². The first-order chi connectivity index (χ1) is 12.9. The molecular formula is C21H18ClN3O2. The molecule has 0 unspecified atom stereocenters. The minimum absolute atomic E-state index is 0.239. The number of carbonyl (C=O) groups excluding carboxylic acids is 2. The van der Waals surface area contributed by atoms with E-state index in [1.807, 2.05) is 32.0 Å². The zero-order valence-corrected chi connectivity index (χ0v) is 15.7. The minimum Gasteiger partial charge on any atom is -0.322 e. The molecule has 2 amide bonds. The van der Waals surface area contributed by atoms with Gasteiger partial charge in [0.05, 0.1) is 22.5 Å². The lowest BCUT2D eigenvalue weighted by Gasteiger charge is -2.11.